The minimum atomic E-state index is -4.56. The zero-order valence-electron chi connectivity index (χ0n) is 21.7. The van der Waals surface area contributed by atoms with Crippen LogP contribution in [0.4, 0.5) is 13.2 Å². The van der Waals surface area contributed by atoms with Gasteiger partial charge in [-0.15, -0.1) is 0 Å². The quantitative estimate of drug-likeness (QED) is 0.191. The highest BCUT2D eigenvalue weighted by Crippen LogP contribution is 2.40. The fraction of sp³-hybridized carbons (Fsp3) is 0.156. The molecule has 40 heavy (non-hydrogen) atoms. The number of ether oxygens (including phenoxy) is 1. The molecule has 0 aliphatic heterocycles. The highest BCUT2D eigenvalue weighted by molar-refractivity contribution is 7.91. The maximum atomic E-state index is 13.9. The number of para-hydroxylation sites is 1. The van der Waals surface area contributed by atoms with Crippen molar-refractivity contribution in [2.75, 3.05) is 5.75 Å². The van der Waals surface area contributed by atoms with Gasteiger partial charge in [-0.1, -0.05) is 67.6 Å². The van der Waals surface area contributed by atoms with Gasteiger partial charge in [-0.25, -0.2) is 8.42 Å². The number of aromatic nitrogens is 1. The highest BCUT2D eigenvalue weighted by atomic mass is 32.2. The topological polar surface area (TPSA) is 56.3 Å². The molecule has 0 unspecified atom stereocenters. The molecule has 0 atom stereocenters. The van der Waals surface area contributed by atoms with Crippen molar-refractivity contribution in [3.8, 4) is 22.6 Å². The average Bonchev–Trinajstić information content (AvgIpc) is 2.93. The summed E-state index contributed by atoms with van der Waals surface area (Å²) in [5.41, 5.74) is 2.13. The van der Waals surface area contributed by atoms with Crippen molar-refractivity contribution >= 4 is 20.7 Å². The molecule has 4 aromatic carbocycles. The lowest BCUT2D eigenvalue weighted by molar-refractivity contribution is -0.136. The molecule has 4 nitrogen and oxygen atoms in total. The molecule has 1 heterocycles. The van der Waals surface area contributed by atoms with E-state index >= 15 is 0 Å². The molecule has 0 bridgehead atoms. The Hall–Kier alpha value is -4.17. The number of hydrogen-bond donors (Lipinski definition) is 0. The number of fused-ring (bicyclic) bond motifs is 1. The van der Waals surface area contributed by atoms with Gasteiger partial charge in [-0.2, -0.15) is 13.2 Å². The van der Waals surface area contributed by atoms with Crippen molar-refractivity contribution in [3.63, 3.8) is 0 Å². The Balaban J connectivity index is 1.61. The lowest BCUT2D eigenvalue weighted by Gasteiger charge is -2.17. The second kappa shape index (κ2) is 11.1. The fourth-order valence-corrected chi connectivity index (χ4v) is 6.11. The zero-order valence-corrected chi connectivity index (χ0v) is 22.5. The molecular weight excluding hydrogens is 535 g/mol. The van der Waals surface area contributed by atoms with E-state index in [-0.39, 0.29) is 16.2 Å². The van der Waals surface area contributed by atoms with E-state index < -0.39 is 21.6 Å². The second-order valence-corrected chi connectivity index (χ2v) is 11.6. The minimum Gasteiger partial charge on any atom is -0.457 e. The summed E-state index contributed by atoms with van der Waals surface area (Å²) in [6.07, 6.45) is -2.08. The Morgan fingerprint density at radius 1 is 0.825 bits per heavy atom. The first kappa shape index (κ1) is 27.4. The van der Waals surface area contributed by atoms with Crippen molar-refractivity contribution in [2.45, 2.75) is 30.8 Å². The van der Waals surface area contributed by atoms with Crippen LogP contribution in [-0.2, 0) is 22.4 Å². The van der Waals surface area contributed by atoms with Crippen molar-refractivity contribution in [3.05, 3.63) is 120 Å². The lowest BCUT2D eigenvalue weighted by Crippen LogP contribution is -2.07. The first-order valence-electron chi connectivity index (χ1n) is 12.8. The summed E-state index contributed by atoms with van der Waals surface area (Å²) in [4.78, 5) is 4.43. The number of pyridine rings is 1. The average molecular weight is 562 g/mol. The fourth-order valence-electron chi connectivity index (χ4n) is 4.75. The predicted molar refractivity (Wildman–Crippen MR) is 150 cm³/mol. The third kappa shape index (κ3) is 5.87. The number of hydrogen-bond acceptors (Lipinski definition) is 4. The Bertz CT molecular complexity index is 1770. The minimum absolute atomic E-state index is 0.0329. The van der Waals surface area contributed by atoms with Crippen LogP contribution in [-0.4, -0.2) is 19.2 Å². The van der Waals surface area contributed by atoms with Crippen molar-refractivity contribution in [1.82, 2.24) is 4.98 Å². The van der Waals surface area contributed by atoms with Crippen LogP contribution in [0.15, 0.2) is 108 Å². The number of nitrogens with zero attached hydrogens (tertiary/aromatic N) is 1. The van der Waals surface area contributed by atoms with Gasteiger partial charge in [-0.05, 0) is 71.5 Å². The van der Waals surface area contributed by atoms with Crippen LogP contribution in [0.25, 0.3) is 22.0 Å². The molecular formula is C32H26F3NO3S. The summed E-state index contributed by atoms with van der Waals surface area (Å²) < 4.78 is 72.7. The molecule has 204 valence electrons. The molecule has 1 aromatic heterocycles. The van der Waals surface area contributed by atoms with Gasteiger partial charge in [0.1, 0.15) is 11.5 Å². The van der Waals surface area contributed by atoms with E-state index in [2.05, 4.69) is 4.98 Å². The second-order valence-electron chi connectivity index (χ2n) is 9.44. The molecule has 5 rings (SSSR count). The molecule has 0 spiro atoms. The van der Waals surface area contributed by atoms with Gasteiger partial charge in [0.2, 0.25) is 0 Å². The first-order valence-corrected chi connectivity index (χ1v) is 14.4. The van der Waals surface area contributed by atoms with E-state index in [0.717, 1.165) is 17.2 Å². The summed E-state index contributed by atoms with van der Waals surface area (Å²) in [5.74, 6) is 0.799. The number of alkyl halides is 3. The third-order valence-electron chi connectivity index (χ3n) is 6.51. The third-order valence-corrected chi connectivity index (χ3v) is 8.43. The number of benzene rings is 4. The maximum absolute atomic E-state index is 13.9. The smallest absolute Gasteiger partial charge is 0.418 e. The van der Waals surface area contributed by atoms with Crippen LogP contribution in [0.5, 0.6) is 11.5 Å². The highest BCUT2D eigenvalue weighted by Gasteiger charge is 2.33. The number of rotatable bonds is 8. The molecule has 0 radical (unpaired) electrons. The Kier molecular flexibility index (Phi) is 7.63. The SMILES string of the molecule is CCCS(=O)(=O)c1cccc(Oc2cccc(-c3c(Cc4ccccc4)cnc4c(C(F)(F)F)cccc34)c2)c1. The maximum Gasteiger partial charge on any atom is 0.418 e. The standard InChI is InChI=1S/C32H26F3NO3S/c1-2-17-40(37,38)27-14-7-13-26(20-27)39-25-12-6-11-23(19-25)30-24(18-22-9-4-3-5-10-22)21-36-31-28(30)15-8-16-29(31)32(33,34)35/h3-16,19-21H,2,17-18H2,1H3. The van der Waals surface area contributed by atoms with E-state index in [9.17, 15) is 21.6 Å². The number of halogens is 3. The first-order chi connectivity index (χ1) is 19.2. The van der Waals surface area contributed by atoms with Crippen LogP contribution < -0.4 is 4.74 Å². The summed E-state index contributed by atoms with van der Waals surface area (Å²) in [5, 5.41) is 0.382. The van der Waals surface area contributed by atoms with Gasteiger partial charge >= 0.3 is 6.18 Å². The van der Waals surface area contributed by atoms with Gasteiger partial charge in [0.25, 0.3) is 0 Å². The predicted octanol–water partition coefficient (Wildman–Crippen LogP) is 8.49. The monoisotopic (exact) mass is 561 g/mol. The largest absolute Gasteiger partial charge is 0.457 e. The normalized spacial score (nSPS) is 12.0. The summed E-state index contributed by atoms with van der Waals surface area (Å²) in [7, 11) is -3.43. The molecule has 0 fully saturated rings. The van der Waals surface area contributed by atoms with Crippen molar-refractivity contribution in [2.24, 2.45) is 0 Å². The van der Waals surface area contributed by atoms with Crippen molar-refractivity contribution < 1.29 is 26.3 Å². The zero-order chi connectivity index (χ0) is 28.3. The molecule has 0 aliphatic rings. The number of sulfone groups is 1. The summed E-state index contributed by atoms with van der Waals surface area (Å²) in [6, 6.07) is 27.1. The lowest BCUT2D eigenvalue weighted by atomic mass is 9.92. The van der Waals surface area contributed by atoms with E-state index in [1.165, 1.54) is 24.4 Å². The van der Waals surface area contributed by atoms with Gasteiger partial charge in [-0.3, -0.25) is 4.98 Å². The van der Waals surface area contributed by atoms with Gasteiger partial charge in [0.05, 0.1) is 21.7 Å². The summed E-state index contributed by atoms with van der Waals surface area (Å²) in [6.45, 7) is 1.80. The molecule has 8 heteroatoms. The van der Waals surface area contributed by atoms with E-state index in [1.807, 2.05) is 36.4 Å². The molecule has 0 N–H and O–H groups in total. The van der Waals surface area contributed by atoms with E-state index in [4.69, 9.17) is 4.74 Å². The Morgan fingerprint density at radius 3 is 2.25 bits per heavy atom. The Labute approximate surface area is 231 Å². The van der Waals surface area contributed by atoms with Crippen LogP contribution in [0.3, 0.4) is 0 Å². The molecule has 0 saturated heterocycles. The molecule has 0 amide bonds. The van der Waals surface area contributed by atoms with E-state index in [1.54, 1.807) is 43.3 Å². The van der Waals surface area contributed by atoms with E-state index in [0.29, 0.717) is 40.9 Å². The van der Waals surface area contributed by atoms with Gasteiger partial charge in [0.15, 0.2) is 9.84 Å². The van der Waals surface area contributed by atoms with Gasteiger partial charge < -0.3 is 4.74 Å². The van der Waals surface area contributed by atoms with Crippen molar-refractivity contribution in [1.29, 1.82) is 0 Å². The summed E-state index contributed by atoms with van der Waals surface area (Å²) >= 11 is 0. The molecule has 0 aliphatic carbocycles. The Morgan fingerprint density at radius 2 is 1.52 bits per heavy atom. The van der Waals surface area contributed by atoms with Crippen LogP contribution in [0.2, 0.25) is 0 Å². The van der Waals surface area contributed by atoms with Crippen LogP contribution in [0.1, 0.15) is 30.0 Å². The molecule has 0 saturated carbocycles. The van der Waals surface area contributed by atoms with Crippen LogP contribution >= 0.6 is 0 Å². The molecule has 5 aromatic rings. The van der Waals surface area contributed by atoms with Crippen LogP contribution in [0, 0.1) is 0 Å². The van der Waals surface area contributed by atoms with Gasteiger partial charge in [0, 0.05) is 11.6 Å².